The zero-order valence-electron chi connectivity index (χ0n) is 20.8. The summed E-state index contributed by atoms with van der Waals surface area (Å²) in [6.45, 7) is 14.1. The van der Waals surface area contributed by atoms with Gasteiger partial charge in [0.25, 0.3) is 0 Å². The molecule has 0 aromatic heterocycles. The monoisotopic (exact) mass is 436 g/mol. The number of methoxy groups -OCH3 is 1. The Kier molecular flexibility index (Phi) is 10.2. The van der Waals surface area contributed by atoms with E-state index in [1.165, 1.54) is 0 Å². The lowest BCUT2D eigenvalue weighted by molar-refractivity contribution is -0.192. The fraction of sp³-hybridized carbons (Fsp3) is 0.769. The summed E-state index contributed by atoms with van der Waals surface area (Å²) in [5.41, 5.74) is 0.0216. The summed E-state index contributed by atoms with van der Waals surface area (Å²) in [5, 5.41) is 20.8. The van der Waals surface area contributed by atoms with Crippen LogP contribution in [0.4, 0.5) is 0 Å². The van der Waals surface area contributed by atoms with Gasteiger partial charge in [0.1, 0.15) is 0 Å². The number of fused-ring (bicyclic) bond motifs is 5. The summed E-state index contributed by atoms with van der Waals surface area (Å²) in [7, 11) is 1.59. The molecule has 0 bridgehead atoms. The second-order valence-corrected chi connectivity index (χ2v) is 8.42. The van der Waals surface area contributed by atoms with E-state index in [1.54, 1.807) is 19.3 Å². The molecule has 5 heteroatoms. The van der Waals surface area contributed by atoms with Crippen LogP contribution < -0.4 is 0 Å². The van der Waals surface area contributed by atoms with Crippen molar-refractivity contribution in [2.75, 3.05) is 7.11 Å². The zero-order valence-corrected chi connectivity index (χ0v) is 20.8. The quantitative estimate of drug-likeness (QED) is 0.603. The van der Waals surface area contributed by atoms with E-state index in [0.29, 0.717) is 12.8 Å². The molecule has 4 aliphatic rings. The average Bonchev–Trinajstić information content (AvgIpc) is 3.18. The highest BCUT2D eigenvalue weighted by molar-refractivity contribution is 6.01. The molecule has 0 aromatic rings. The summed E-state index contributed by atoms with van der Waals surface area (Å²) in [6, 6.07) is 0. The maximum Gasteiger partial charge on any atom is 0.309 e. The number of carbonyl (C=O) groups is 2. The first-order valence-electron chi connectivity index (χ1n) is 12.2. The summed E-state index contributed by atoms with van der Waals surface area (Å²) < 4.78 is 5.85. The molecule has 0 aromatic carbocycles. The second kappa shape index (κ2) is 11.4. The van der Waals surface area contributed by atoms with Gasteiger partial charge in [0.2, 0.25) is 0 Å². The first kappa shape index (κ1) is 27.6. The summed E-state index contributed by atoms with van der Waals surface area (Å²) in [4.78, 5) is 23.6. The molecule has 31 heavy (non-hydrogen) atoms. The number of hydrogen-bond donors (Lipinski definition) is 2. The van der Waals surface area contributed by atoms with E-state index in [-0.39, 0.29) is 29.0 Å². The highest BCUT2D eigenvalue weighted by atomic mass is 16.5. The highest BCUT2D eigenvalue weighted by Gasteiger charge is 2.65. The van der Waals surface area contributed by atoms with E-state index in [9.17, 15) is 19.8 Å². The number of ether oxygens (including phenoxy) is 1. The minimum atomic E-state index is -0.819. The Morgan fingerprint density at radius 3 is 2.26 bits per heavy atom. The van der Waals surface area contributed by atoms with E-state index >= 15 is 0 Å². The minimum absolute atomic E-state index is 0.0117. The Morgan fingerprint density at radius 1 is 1.10 bits per heavy atom. The maximum atomic E-state index is 11.8. The van der Waals surface area contributed by atoms with Crippen molar-refractivity contribution in [2.45, 2.75) is 92.3 Å². The lowest BCUT2D eigenvalue weighted by atomic mass is 9.49. The normalized spacial score (nSPS) is 39.6. The number of allylic oxidation sites excluding steroid dienone is 4. The molecule has 0 radical (unpaired) electrons. The maximum absolute atomic E-state index is 11.8. The molecule has 0 aliphatic heterocycles. The lowest BCUT2D eigenvalue weighted by Gasteiger charge is -2.58. The van der Waals surface area contributed by atoms with Gasteiger partial charge in [-0.1, -0.05) is 60.1 Å². The molecule has 4 rings (SSSR count). The fourth-order valence-corrected chi connectivity index (χ4v) is 6.61. The molecule has 7 unspecified atom stereocenters. The molecule has 0 spiro atoms. The summed E-state index contributed by atoms with van der Waals surface area (Å²) in [5.74, 6) is -0.969. The number of carbonyl (C=O) groups excluding carboxylic acids is 1. The Balaban J connectivity index is 0.000000739. The molecule has 178 valence electrons. The molecular formula is C26H44O5. The molecule has 2 N–H and O–H groups in total. The van der Waals surface area contributed by atoms with Crippen LogP contribution in [0.1, 0.15) is 80.6 Å². The average molecular weight is 437 g/mol. The van der Waals surface area contributed by atoms with E-state index in [0.717, 1.165) is 24.8 Å². The number of aliphatic hydroxyl groups excluding tert-OH is 1. The van der Waals surface area contributed by atoms with Gasteiger partial charge in [-0.15, -0.1) is 0 Å². The molecule has 4 aliphatic carbocycles. The van der Waals surface area contributed by atoms with Gasteiger partial charge in [-0.25, -0.2) is 0 Å². The molecule has 3 saturated carbocycles. The van der Waals surface area contributed by atoms with Crippen molar-refractivity contribution >= 4 is 11.8 Å². The number of carboxylic acids is 1. The predicted octanol–water partition coefficient (Wildman–Crippen LogP) is 5.42. The van der Waals surface area contributed by atoms with Crippen molar-refractivity contribution in [3.8, 4) is 0 Å². The third-order valence-corrected chi connectivity index (χ3v) is 7.62. The Labute approximate surface area is 189 Å². The van der Waals surface area contributed by atoms with Crippen LogP contribution in [-0.4, -0.2) is 40.8 Å². The van der Waals surface area contributed by atoms with Gasteiger partial charge in [0.05, 0.1) is 17.6 Å². The number of ketones is 1. The standard InChI is InChI=1S/C20H26O5.3C2H6/c1-19-8-7-12(21)9-11(19)3-4-13-14-5-6-15(18(23)24)20(14,25-2)10-16(22)17(13)19;3*1-2/h7-9,13-17,22H,3-6,10H2,1-2H3,(H,23,24);3*1-2H3. The predicted molar refractivity (Wildman–Crippen MR) is 125 cm³/mol. The first-order valence-corrected chi connectivity index (χ1v) is 12.2. The van der Waals surface area contributed by atoms with Crippen molar-refractivity contribution in [1.29, 1.82) is 0 Å². The number of carboxylic acid groups (broad SMARTS) is 1. The van der Waals surface area contributed by atoms with Gasteiger partial charge < -0.3 is 14.9 Å². The molecular weight excluding hydrogens is 392 g/mol. The third-order valence-electron chi connectivity index (χ3n) is 7.62. The lowest BCUT2D eigenvalue weighted by Crippen LogP contribution is -2.61. The minimum Gasteiger partial charge on any atom is -0.481 e. The van der Waals surface area contributed by atoms with Gasteiger partial charge in [0.15, 0.2) is 5.78 Å². The van der Waals surface area contributed by atoms with E-state index in [1.807, 2.05) is 47.6 Å². The van der Waals surface area contributed by atoms with Gasteiger partial charge in [-0.2, -0.15) is 0 Å². The van der Waals surface area contributed by atoms with Crippen LogP contribution in [0.15, 0.2) is 23.8 Å². The van der Waals surface area contributed by atoms with Crippen LogP contribution in [0, 0.1) is 29.1 Å². The first-order chi connectivity index (χ1) is 14.8. The molecule has 5 nitrogen and oxygen atoms in total. The van der Waals surface area contributed by atoms with Crippen LogP contribution in [-0.2, 0) is 14.3 Å². The fourth-order valence-electron chi connectivity index (χ4n) is 6.61. The Bertz CT molecular complexity index is 681. The van der Waals surface area contributed by atoms with Crippen LogP contribution in [0.5, 0.6) is 0 Å². The van der Waals surface area contributed by atoms with Crippen LogP contribution in [0.25, 0.3) is 0 Å². The highest BCUT2D eigenvalue weighted by Crippen LogP contribution is 2.63. The topological polar surface area (TPSA) is 83.8 Å². The smallest absolute Gasteiger partial charge is 0.309 e. The van der Waals surface area contributed by atoms with E-state index < -0.39 is 23.6 Å². The third kappa shape index (κ3) is 4.54. The van der Waals surface area contributed by atoms with Gasteiger partial charge in [0, 0.05) is 24.9 Å². The zero-order chi connectivity index (χ0) is 24.0. The molecule has 0 saturated heterocycles. The molecule has 0 amide bonds. The Morgan fingerprint density at radius 2 is 1.71 bits per heavy atom. The van der Waals surface area contributed by atoms with E-state index in [4.69, 9.17) is 4.74 Å². The van der Waals surface area contributed by atoms with Crippen molar-refractivity contribution in [3.05, 3.63) is 23.8 Å². The number of rotatable bonds is 2. The van der Waals surface area contributed by atoms with Crippen molar-refractivity contribution in [3.63, 3.8) is 0 Å². The van der Waals surface area contributed by atoms with Gasteiger partial charge >= 0.3 is 5.97 Å². The van der Waals surface area contributed by atoms with Gasteiger partial charge in [-0.05, 0) is 49.7 Å². The largest absolute Gasteiger partial charge is 0.481 e. The van der Waals surface area contributed by atoms with Crippen molar-refractivity contribution in [2.24, 2.45) is 29.1 Å². The van der Waals surface area contributed by atoms with Gasteiger partial charge in [-0.3, -0.25) is 9.59 Å². The number of aliphatic carboxylic acids is 1. The summed E-state index contributed by atoms with van der Waals surface area (Å²) >= 11 is 0. The SMILES string of the molecule is CC.CC.CC.COC12CC(O)C3C(CCC4=CC(=O)C=CC43C)C1CCC2C(=O)O. The van der Waals surface area contributed by atoms with E-state index in [2.05, 4.69) is 6.92 Å². The molecule has 7 atom stereocenters. The summed E-state index contributed by atoms with van der Waals surface area (Å²) in [6.07, 6.45) is 8.19. The van der Waals surface area contributed by atoms with Crippen LogP contribution >= 0.6 is 0 Å². The van der Waals surface area contributed by atoms with Crippen LogP contribution in [0.3, 0.4) is 0 Å². The molecule has 3 fully saturated rings. The number of aliphatic hydroxyl groups is 1. The second-order valence-electron chi connectivity index (χ2n) is 8.42. The van der Waals surface area contributed by atoms with Crippen molar-refractivity contribution < 1.29 is 24.5 Å². The van der Waals surface area contributed by atoms with Crippen molar-refractivity contribution in [1.82, 2.24) is 0 Å². The number of hydrogen-bond acceptors (Lipinski definition) is 4. The Hall–Kier alpha value is -1.46. The van der Waals surface area contributed by atoms with Crippen LogP contribution in [0.2, 0.25) is 0 Å². The molecule has 0 heterocycles.